The fourth-order valence-electron chi connectivity index (χ4n) is 2.92. The molecule has 2 N–H and O–H groups in total. The summed E-state index contributed by atoms with van der Waals surface area (Å²) >= 11 is 0. The minimum absolute atomic E-state index is 0.172. The number of carboxylic acid groups (broad SMARTS) is 1. The SMILES string of the molecule is Cc1nn(Cc2ccccc2C(=O)O)c(C)c1NC(=O)OCc1ccccc1. The first-order valence-corrected chi connectivity index (χ1v) is 8.78. The van der Waals surface area contributed by atoms with Crippen LogP contribution in [0.15, 0.2) is 54.6 Å². The summed E-state index contributed by atoms with van der Waals surface area (Å²) in [4.78, 5) is 23.6. The smallest absolute Gasteiger partial charge is 0.412 e. The molecule has 1 amide bonds. The van der Waals surface area contributed by atoms with Crippen LogP contribution in [0.2, 0.25) is 0 Å². The van der Waals surface area contributed by atoms with Crippen molar-refractivity contribution in [1.29, 1.82) is 0 Å². The maximum absolute atomic E-state index is 12.2. The summed E-state index contributed by atoms with van der Waals surface area (Å²) in [6.45, 7) is 4.05. The highest BCUT2D eigenvalue weighted by Crippen LogP contribution is 2.22. The van der Waals surface area contributed by atoms with Crippen LogP contribution in [0.4, 0.5) is 10.5 Å². The van der Waals surface area contributed by atoms with Crippen molar-refractivity contribution in [3.63, 3.8) is 0 Å². The number of amides is 1. The van der Waals surface area contributed by atoms with Gasteiger partial charge in [0, 0.05) is 0 Å². The molecular weight excluding hydrogens is 358 g/mol. The van der Waals surface area contributed by atoms with Crippen molar-refractivity contribution in [3.05, 3.63) is 82.7 Å². The largest absolute Gasteiger partial charge is 0.478 e. The zero-order valence-corrected chi connectivity index (χ0v) is 15.7. The number of carbonyl (C=O) groups excluding carboxylic acids is 1. The third-order valence-corrected chi connectivity index (χ3v) is 4.39. The highest BCUT2D eigenvalue weighted by Gasteiger charge is 2.17. The molecule has 3 rings (SSSR count). The van der Waals surface area contributed by atoms with Gasteiger partial charge in [0.05, 0.1) is 29.2 Å². The second-order valence-corrected chi connectivity index (χ2v) is 6.35. The van der Waals surface area contributed by atoms with Crippen LogP contribution in [0, 0.1) is 13.8 Å². The van der Waals surface area contributed by atoms with Gasteiger partial charge in [-0.1, -0.05) is 48.5 Å². The molecule has 2 aromatic carbocycles. The van der Waals surface area contributed by atoms with Crippen LogP contribution >= 0.6 is 0 Å². The molecule has 0 saturated heterocycles. The summed E-state index contributed by atoms with van der Waals surface area (Å²) < 4.78 is 6.93. The molecule has 0 aliphatic carbocycles. The molecule has 0 unspecified atom stereocenters. The number of nitrogens with one attached hydrogen (secondary N) is 1. The Kier molecular flexibility index (Phi) is 5.74. The summed E-state index contributed by atoms with van der Waals surface area (Å²) in [6, 6.07) is 16.2. The Labute approximate surface area is 162 Å². The van der Waals surface area contributed by atoms with Gasteiger partial charge in [-0.05, 0) is 31.0 Å². The van der Waals surface area contributed by atoms with Gasteiger partial charge in [-0.25, -0.2) is 9.59 Å². The van der Waals surface area contributed by atoms with Gasteiger partial charge >= 0.3 is 12.1 Å². The lowest BCUT2D eigenvalue weighted by atomic mass is 10.1. The first-order chi connectivity index (χ1) is 13.5. The Morgan fingerprint density at radius 2 is 1.75 bits per heavy atom. The number of anilines is 1. The number of aromatic nitrogens is 2. The molecule has 0 radical (unpaired) electrons. The van der Waals surface area contributed by atoms with Crippen LogP contribution in [-0.2, 0) is 17.9 Å². The van der Waals surface area contributed by atoms with Crippen LogP contribution in [0.3, 0.4) is 0 Å². The second kappa shape index (κ2) is 8.39. The lowest BCUT2D eigenvalue weighted by Gasteiger charge is -2.09. The number of carbonyl (C=O) groups is 2. The maximum atomic E-state index is 12.2. The van der Waals surface area contributed by atoms with Gasteiger partial charge in [-0.2, -0.15) is 5.10 Å². The number of carboxylic acids is 1. The first-order valence-electron chi connectivity index (χ1n) is 8.78. The monoisotopic (exact) mass is 379 g/mol. The molecule has 0 saturated carbocycles. The summed E-state index contributed by atoms with van der Waals surface area (Å²) in [5.74, 6) is -0.986. The van der Waals surface area contributed by atoms with E-state index in [9.17, 15) is 14.7 Å². The Hall–Kier alpha value is -3.61. The van der Waals surface area contributed by atoms with Crippen LogP contribution in [0.1, 0.15) is 32.9 Å². The molecule has 144 valence electrons. The molecule has 1 aromatic heterocycles. The van der Waals surface area contributed by atoms with Crippen molar-refractivity contribution in [2.45, 2.75) is 27.0 Å². The number of ether oxygens (including phenoxy) is 1. The van der Waals surface area contributed by atoms with Crippen LogP contribution in [0.5, 0.6) is 0 Å². The van der Waals surface area contributed by atoms with Crippen molar-refractivity contribution in [3.8, 4) is 0 Å². The number of nitrogens with zero attached hydrogens (tertiary/aromatic N) is 2. The summed E-state index contributed by atoms with van der Waals surface area (Å²) in [5, 5.41) is 16.5. The molecule has 0 bridgehead atoms. The normalized spacial score (nSPS) is 10.5. The summed E-state index contributed by atoms with van der Waals surface area (Å²) in [5.41, 5.74) is 3.67. The lowest BCUT2D eigenvalue weighted by Crippen LogP contribution is -2.15. The second-order valence-electron chi connectivity index (χ2n) is 6.35. The Balaban J connectivity index is 1.71. The fraction of sp³-hybridized carbons (Fsp3) is 0.190. The Morgan fingerprint density at radius 3 is 2.46 bits per heavy atom. The minimum atomic E-state index is -0.986. The first kappa shape index (κ1) is 19.2. The van der Waals surface area contributed by atoms with E-state index in [1.807, 2.05) is 37.3 Å². The van der Waals surface area contributed by atoms with Gasteiger partial charge in [-0.3, -0.25) is 10.00 Å². The van der Waals surface area contributed by atoms with Crippen LogP contribution in [-0.4, -0.2) is 26.9 Å². The van der Waals surface area contributed by atoms with E-state index >= 15 is 0 Å². The van der Waals surface area contributed by atoms with Crippen molar-refractivity contribution < 1.29 is 19.4 Å². The van der Waals surface area contributed by atoms with E-state index in [1.165, 1.54) is 0 Å². The van der Waals surface area contributed by atoms with E-state index < -0.39 is 12.1 Å². The third kappa shape index (κ3) is 4.37. The van der Waals surface area contributed by atoms with Gasteiger partial charge in [0.15, 0.2) is 0 Å². The molecule has 0 aliphatic rings. The number of benzene rings is 2. The van der Waals surface area contributed by atoms with Crippen molar-refractivity contribution >= 4 is 17.7 Å². The van der Waals surface area contributed by atoms with Gasteiger partial charge < -0.3 is 9.84 Å². The van der Waals surface area contributed by atoms with E-state index in [2.05, 4.69) is 10.4 Å². The van der Waals surface area contributed by atoms with Gasteiger partial charge in [-0.15, -0.1) is 0 Å². The van der Waals surface area contributed by atoms with Crippen LogP contribution in [0.25, 0.3) is 0 Å². The van der Waals surface area contributed by atoms with Crippen molar-refractivity contribution in [2.75, 3.05) is 5.32 Å². The zero-order chi connectivity index (χ0) is 20.1. The van der Waals surface area contributed by atoms with Gasteiger partial charge in [0.25, 0.3) is 0 Å². The van der Waals surface area contributed by atoms with E-state index in [0.29, 0.717) is 22.6 Å². The predicted octanol–water partition coefficient (Wildman–Crippen LogP) is 4.00. The maximum Gasteiger partial charge on any atom is 0.412 e. The number of hydrogen-bond acceptors (Lipinski definition) is 4. The predicted molar refractivity (Wildman–Crippen MR) is 104 cm³/mol. The number of aryl methyl sites for hydroxylation is 1. The molecule has 28 heavy (non-hydrogen) atoms. The number of rotatable bonds is 6. The molecule has 7 nitrogen and oxygen atoms in total. The molecule has 0 atom stereocenters. The van der Waals surface area contributed by atoms with E-state index in [1.54, 1.807) is 35.9 Å². The highest BCUT2D eigenvalue weighted by molar-refractivity contribution is 5.89. The lowest BCUT2D eigenvalue weighted by molar-refractivity contribution is 0.0695. The van der Waals surface area contributed by atoms with Crippen molar-refractivity contribution in [2.24, 2.45) is 0 Å². The zero-order valence-electron chi connectivity index (χ0n) is 15.7. The third-order valence-electron chi connectivity index (χ3n) is 4.39. The highest BCUT2D eigenvalue weighted by atomic mass is 16.5. The molecule has 0 aliphatic heterocycles. The molecule has 0 fully saturated rings. The standard InChI is InChI=1S/C21H21N3O4/c1-14-19(22-21(27)28-13-16-8-4-3-5-9-16)15(2)24(23-14)12-17-10-6-7-11-18(17)20(25)26/h3-11H,12-13H2,1-2H3,(H,22,27)(H,25,26). The van der Waals surface area contributed by atoms with Gasteiger partial charge in [0.2, 0.25) is 0 Å². The molecule has 1 heterocycles. The Bertz CT molecular complexity index is 996. The fourth-order valence-corrected chi connectivity index (χ4v) is 2.92. The van der Waals surface area contributed by atoms with Crippen LogP contribution < -0.4 is 5.32 Å². The average Bonchev–Trinajstić information content (AvgIpc) is 2.95. The molecule has 7 heteroatoms. The van der Waals surface area contributed by atoms with E-state index in [0.717, 1.165) is 5.56 Å². The minimum Gasteiger partial charge on any atom is -0.478 e. The molecule has 3 aromatic rings. The Morgan fingerprint density at radius 1 is 1.07 bits per heavy atom. The molecular formula is C21H21N3O4. The van der Waals surface area contributed by atoms with Crippen molar-refractivity contribution in [1.82, 2.24) is 9.78 Å². The van der Waals surface area contributed by atoms with E-state index in [4.69, 9.17) is 4.74 Å². The van der Waals surface area contributed by atoms with E-state index in [-0.39, 0.29) is 18.7 Å². The number of aromatic carboxylic acids is 1. The van der Waals surface area contributed by atoms with Gasteiger partial charge in [0.1, 0.15) is 6.61 Å². The summed E-state index contributed by atoms with van der Waals surface area (Å²) in [7, 11) is 0. The average molecular weight is 379 g/mol. The quantitative estimate of drug-likeness (QED) is 0.675. The molecule has 0 spiro atoms. The topological polar surface area (TPSA) is 93.5 Å². The number of hydrogen-bond donors (Lipinski definition) is 2. The summed E-state index contributed by atoms with van der Waals surface area (Å²) in [6.07, 6.45) is -0.569.